The van der Waals surface area contributed by atoms with Crippen molar-refractivity contribution in [3.63, 3.8) is 0 Å². The van der Waals surface area contributed by atoms with Gasteiger partial charge in [-0.2, -0.15) is 13.2 Å². The molecule has 1 N–H and O–H groups in total. The van der Waals surface area contributed by atoms with Crippen molar-refractivity contribution in [2.24, 2.45) is 0 Å². The highest BCUT2D eigenvalue weighted by atomic mass is 35.5. The summed E-state index contributed by atoms with van der Waals surface area (Å²) in [4.78, 5) is 12.4. The van der Waals surface area contributed by atoms with Crippen molar-refractivity contribution in [3.8, 4) is 5.75 Å². The van der Waals surface area contributed by atoms with Crippen molar-refractivity contribution in [1.29, 1.82) is 0 Å². The van der Waals surface area contributed by atoms with E-state index in [1.54, 1.807) is 0 Å². The van der Waals surface area contributed by atoms with Crippen LogP contribution in [-0.2, 0) is 6.18 Å². The highest BCUT2D eigenvalue weighted by Crippen LogP contribution is 2.37. The average molecular weight is 469 g/mol. The Hall–Kier alpha value is -1.63. The molecule has 0 heterocycles. The molecule has 0 aliphatic rings. The minimum Gasteiger partial charge on any atom is -0.490 e. The number of unbranched alkanes of at least 4 members (excludes halogenated alkanes) is 3. The number of alkyl halides is 3. The summed E-state index contributed by atoms with van der Waals surface area (Å²) in [6.07, 6.45) is -0.567. The first kappa shape index (κ1) is 23.6. The van der Waals surface area contributed by atoms with E-state index < -0.39 is 22.7 Å². The number of rotatable bonds is 8. The van der Waals surface area contributed by atoms with Crippen LogP contribution in [0.3, 0.4) is 0 Å². The second kappa shape index (κ2) is 10.4. The van der Waals surface area contributed by atoms with Crippen molar-refractivity contribution in [3.05, 3.63) is 56.5 Å². The highest BCUT2D eigenvalue weighted by molar-refractivity contribution is 6.37. The highest BCUT2D eigenvalue weighted by Gasteiger charge is 2.33. The summed E-state index contributed by atoms with van der Waals surface area (Å²) < 4.78 is 44.5. The number of carbonyl (C=O) groups excluding carboxylic acids is 1. The number of hydrogen-bond acceptors (Lipinski definition) is 2. The van der Waals surface area contributed by atoms with Crippen LogP contribution in [0.5, 0.6) is 5.75 Å². The van der Waals surface area contributed by atoms with E-state index in [4.69, 9.17) is 39.5 Å². The lowest BCUT2D eigenvalue weighted by molar-refractivity contribution is -0.137. The number of carbonyl (C=O) groups is 1. The lowest BCUT2D eigenvalue weighted by Crippen LogP contribution is -2.14. The Bertz CT molecular complexity index is 850. The second-order valence-electron chi connectivity index (χ2n) is 6.32. The fourth-order valence-electron chi connectivity index (χ4n) is 2.56. The molecule has 0 saturated heterocycles. The van der Waals surface area contributed by atoms with Crippen LogP contribution in [0.2, 0.25) is 15.1 Å². The lowest BCUT2D eigenvalue weighted by Gasteiger charge is -2.13. The van der Waals surface area contributed by atoms with Gasteiger partial charge in [0, 0.05) is 11.3 Å². The zero-order valence-corrected chi connectivity index (χ0v) is 17.8. The normalized spacial score (nSPS) is 11.4. The molecule has 2 rings (SSSR count). The Morgan fingerprint density at radius 1 is 1.00 bits per heavy atom. The van der Waals surface area contributed by atoms with E-state index in [-0.39, 0.29) is 27.0 Å². The average Bonchev–Trinajstić information content (AvgIpc) is 2.63. The van der Waals surface area contributed by atoms with Crippen molar-refractivity contribution in [2.45, 2.75) is 38.8 Å². The summed E-state index contributed by atoms with van der Waals surface area (Å²) in [5, 5.41) is 2.21. The minimum absolute atomic E-state index is 0.0600. The lowest BCUT2D eigenvalue weighted by atomic mass is 10.1. The zero-order chi connectivity index (χ0) is 21.6. The summed E-state index contributed by atoms with van der Waals surface area (Å²) in [5.41, 5.74) is -1.02. The number of halogens is 6. The monoisotopic (exact) mass is 467 g/mol. The first-order chi connectivity index (χ1) is 13.6. The molecule has 1 amide bonds. The summed E-state index contributed by atoms with van der Waals surface area (Å²) in [6, 6.07) is 5.80. The third-order valence-electron chi connectivity index (χ3n) is 4.03. The number of ether oxygens (including phenoxy) is 1. The Morgan fingerprint density at radius 2 is 1.66 bits per heavy atom. The van der Waals surface area contributed by atoms with Crippen LogP contribution < -0.4 is 10.1 Å². The second-order valence-corrected chi connectivity index (χ2v) is 7.55. The predicted molar refractivity (Wildman–Crippen MR) is 111 cm³/mol. The van der Waals surface area contributed by atoms with Gasteiger partial charge in [-0.1, -0.05) is 61.0 Å². The quantitative estimate of drug-likeness (QED) is 0.400. The van der Waals surface area contributed by atoms with Crippen LogP contribution in [0.4, 0.5) is 18.9 Å². The summed E-state index contributed by atoms with van der Waals surface area (Å²) >= 11 is 17.9. The largest absolute Gasteiger partial charge is 0.490 e. The third kappa shape index (κ3) is 6.69. The number of anilines is 1. The molecule has 0 fully saturated rings. The molecule has 9 heteroatoms. The first-order valence-corrected chi connectivity index (χ1v) is 10.1. The van der Waals surface area contributed by atoms with Crippen LogP contribution in [0.25, 0.3) is 0 Å². The SMILES string of the molecule is CCCCCCOc1c(Cl)cc(C(=O)Nc2ccc(Cl)c(C(F)(F)F)c2)cc1Cl. The molecule has 0 aliphatic carbocycles. The maximum atomic E-state index is 13.0. The van der Waals surface area contributed by atoms with Crippen LogP contribution >= 0.6 is 34.8 Å². The maximum Gasteiger partial charge on any atom is 0.417 e. The Balaban J connectivity index is 2.12. The van der Waals surface area contributed by atoms with Gasteiger partial charge in [-0.05, 0) is 36.8 Å². The minimum atomic E-state index is -4.64. The fraction of sp³-hybridized carbons (Fsp3) is 0.350. The molecule has 0 saturated carbocycles. The zero-order valence-electron chi connectivity index (χ0n) is 15.5. The van der Waals surface area contributed by atoms with E-state index >= 15 is 0 Å². The Labute approximate surface area is 182 Å². The summed E-state index contributed by atoms with van der Waals surface area (Å²) in [5.74, 6) is -0.397. The van der Waals surface area contributed by atoms with Gasteiger partial charge in [0.25, 0.3) is 5.91 Å². The molecular weight excluding hydrogens is 450 g/mol. The van der Waals surface area contributed by atoms with E-state index in [0.717, 1.165) is 37.8 Å². The van der Waals surface area contributed by atoms with E-state index in [1.807, 2.05) is 0 Å². The molecule has 0 aliphatic heterocycles. The van der Waals surface area contributed by atoms with Crippen molar-refractivity contribution < 1.29 is 22.7 Å². The summed E-state index contributed by atoms with van der Waals surface area (Å²) in [7, 11) is 0. The van der Waals surface area contributed by atoms with Gasteiger partial charge in [-0.15, -0.1) is 0 Å². The molecule has 2 aromatic rings. The standard InChI is InChI=1S/C20H19Cl3F3NO2/c1-2-3-4-5-8-29-18-16(22)9-12(10-17(18)23)19(28)27-13-6-7-15(21)14(11-13)20(24,25)26/h6-7,9-11H,2-5,8H2,1H3,(H,27,28). The van der Waals surface area contributed by atoms with E-state index in [1.165, 1.54) is 18.2 Å². The molecule has 3 nitrogen and oxygen atoms in total. The van der Waals surface area contributed by atoms with Gasteiger partial charge in [0.2, 0.25) is 0 Å². The van der Waals surface area contributed by atoms with E-state index in [0.29, 0.717) is 6.61 Å². The van der Waals surface area contributed by atoms with Gasteiger partial charge in [-0.25, -0.2) is 0 Å². The van der Waals surface area contributed by atoms with Crippen molar-refractivity contribution in [2.75, 3.05) is 11.9 Å². The van der Waals surface area contributed by atoms with E-state index in [2.05, 4.69) is 12.2 Å². The molecule has 0 spiro atoms. The van der Waals surface area contributed by atoms with Gasteiger partial charge in [0.15, 0.2) is 5.75 Å². The molecule has 0 unspecified atom stereocenters. The number of nitrogens with one attached hydrogen (secondary N) is 1. The van der Waals surface area contributed by atoms with E-state index in [9.17, 15) is 18.0 Å². The van der Waals surface area contributed by atoms with Gasteiger partial charge in [-0.3, -0.25) is 4.79 Å². The number of hydrogen-bond donors (Lipinski definition) is 1. The summed E-state index contributed by atoms with van der Waals surface area (Å²) in [6.45, 7) is 2.54. The third-order valence-corrected chi connectivity index (χ3v) is 4.93. The van der Waals surface area contributed by atoms with Crippen LogP contribution in [-0.4, -0.2) is 12.5 Å². The first-order valence-electron chi connectivity index (χ1n) is 8.93. The molecule has 29 heavy (non-hydrogen) atoms. The predicted octanol–water partition coefficient (Wildman–Crippen LogP) is 7.88. The van der Waals surface area contributed by atoms with Gasteiger partial charge in [0.1, 0.15) is 0 Å². The molecule has 0 aromatic heterocycles. The topological polar surface area (TPSA) is 38.3 Å². The van der Waals surface area contributed by atoms with Gasteiger partial charge >= 0.3 is 6.18 Å². The Morgan fingerprint density at radius 3 is 2.24 bits per heavy atom. The molecule has 2 aromatic carbocycles. The molecule has 0 atom stereocenters. The van der Waals surface area contributed by atoms with Crippen LogP contribution in [0.15, 0.2) is 30.3 Å². The molecule has 0 radical (unpaired) electrons. The fourth-order valence-corrected chi connectivity index (χ4v) is 3.38. The van der Waals surface area contributed by atoms with Crippen molar-refractivity contribution in [1.82, 2.24) is 0 Å². The smallest absolute Gasteiger partial charge is 0.417 e. The molecular formula is C20H19Cl3F3NO2. The number of amides is 1. The van der Waals surface area contributed by atoms with Crippen LogP contribution in [0.1, 0.15) is 48.5 Å². The van der Waals surface area contributed by atoms with Gasteiger partial charge < -0.3 is 10.1 Å². The molecule has 0 bridgehead atoms. The van der Waals surface area contributed by atoms with Crippen LogP contribution in [0, 0.1) is 0 Å². The maximum absolute atomic E-state index is 13.0. The molecule has 158 valence electrons. The number of benzene rings is 2. The Kier molecular flexibility index (Phi) is 8.49. The van der Waals surface area contributed by atoms with Crippen molar-refractivity contribution >= 4 is 46.4 Å². The van der Waals surface area contributed by atoms with Gasteiger partial charge in [0.05, 0.1) is 27.2 Å².